The van der Waals surface area contributed by atoms with Gasteiger partial charge >= 0.3 is 5.97 Å². The molecule has 0 rings (SSSR count). The second kappa shape index (κ2) is 70.1. The summed E-state index contributed by atoms with van der Waals surface area (Å²) >= 11 is 0. The summed E-state index contributed by atoms with van der Waals surface area (Å²) in [5.74, 6) is -0.0441. The topological polar surface area (TPSA) is 95.9 Å². The molecule has 0 aliphatic heterocycles. The minimum atomic E-state index is -0.845. The Balaban J connectivity index is 3.38. The molecule has 2 atom stereocenters. The highest BCUT2D eigenvalue weighted by molar-refractivity contribution is 5.76. The molecule has 80 heavy (non-hydrogen) atoms. The molecule has 0 aromatic heterocycles. The van der Waals surface area contributed by atoms with Gasteiger partial charge in [-0.05, 0) is 32.1 Å². The van der Waals surface area contributed by atoms with Crippen LogP contribution in [0, 0.1) is 0 Å². The quantitative estimate of drug-likeness (QED) is 0.0320. The van der Waals surface area contributed by atoms with Crippen molar-refractivity contribution in [2.24, 2.45) is 0 Å². The first-order valence-corrected chi connectivity index (χ1v) is 37.0. The summed E-state index contributed by atoms with van der Waals surface area (Å²) in [6, 6.07) is -0.629. The molecule has 0 radical (unpaired) electrons. The van der Waals surface area contributed by atoms with Crippen molar-refractivity contribution in [1.82, 2.24) is 5.32 Å². The van der Waals surface area contributed by atoms with Gasteiger partial charge in [0.2, 0.25) is 5.91 Å². The Bertz CT molecular complexity index is 1210. The summed E-state index contributed by atoms with van der Waals surface area (Å²) in [5, 5.41) is 23.3. The molecular formula is C74H145NO5. The minimum absolute atomic E-state index is 0.0189. The molecule has 1 amide bonds. The van der Waals surface area contributed by atoms with Crippen molar-refractivity contribution in [3.8, 4) is 0 Å². The SMILES string of the molecule is CCCCCCCCCCCCCCCCCCCCCC/C=C/C(O)C(CO)NC(=O)CCCCCCCCCCCCCCCCCCCCCCCCOC(=O)CCCCCCCCCCCCCCCCCCCCC. The number of hydrogen-bond donors (Lipinski definition) is 3. The van der Waals surface area contributed by atoms with E-state index in [-0.39, 0.29) is 18.5 Å². The van der Waals surface area contributed by atoms with E-state index >= 15 is 0 Å². The Hall–Kier alpha value is -1.40. The standard InChI is InChI=1S/C74H145NO5/c1-3-5-7-9-11-13-15-17-19-21-23-24-27-31-34-38-42-46-50-54-58-62-66-72(77)71(70-76)75-73(78)67-63-59-55-51-47-43-39-35-32-28-25-26-29-33-37-41-45-49-53-57-61-65-69-80-74(79)68-64-60-56-52-48-44-40-36-30-22-20-18-16-14-12-10-8-6-4-2/h62,66,71-72,76-77H,3-61,63-65,67-70H2,1-2H3,(H,75,78)/b66-62+. The van der Waals surface area contributed by atoms with Crippen LogP contribution >= 0.6 is 0 Å². The zero-order chi connectivity index (χ0) is 57.8. The number of carbonyl (C=O) groups is 2. The van der Waals surface area contributed by atoms with Crippen molar-refractivity contribution >= 4 is 11.9 Å². The summed E-state index contributed by atoms with van der Waals surface area (Å²) in [5.41, 5.74) is 0. The lowest BCUT2D eigenvalue weighted by Crippen LogP contribution is -2.45. The van der Waals surface area contributed by atoms with E-state index in [1.54, 1.807) is 6.08 Å². The maximum absolute atomic E-state index is 12.5. The van der Waals surface area contributed by atoms with E-state index < -0.39 is 12.1 Å². The van der Waals surface area contributed by atoms with Crippen LogP contribution in [0.4, 0.5) is 0 Å². The number of nitrogens with one attached hydrogen (secondary N) is 1. The van der Waals surface area contributed by atoms with Crippen molar-refractivity contribution < 1.29 is 24.5 Å². The molecule has 0 heterocycles. The minimum Gasteiger partial charge on any atom is -0.466 e. The normalized spacial score (nSPS) is 12.5. The van der Waals surface area contributed by atoms with Crippen LogP contribution in [0.3, 0.4) is 0 Å². The molecule has 476 valence electrons. The van der Waals surface area contributed by atoms with Gasteiger partial charge in [0.15, 0.2) is 0 Å². The molecule has 0 saturated heterocycles. The van der Waals surface area contributed by atoms with Crippen LogP contribution in [0.2, 0.25) is 0 Å². The van der Waals surface area contributed by atoms with Gasteiger partial charge in [0.25, 0.3) is 0 Å². The fraction of sp³-hybridized carbons (Fsp3) is 0.946. The van der Waals surface area contributed by atoms with Gasteiger partial charge in [-0.3, -0.25) is 9.59 Å². The summed E-state index contributed by atoms with van der Waals surface area (Å²) in [6.07, 6.45) is 87.3. The number of aliphatic hydroxyl groups is 2. The molecule has 2 unspecified atom stereocenters. The van der Waals surface area contributed by atoms with Crippen LogP contribution in [-0.4, -0.2) is 47.4 Å². The van der Waals surface area contributed by atoms with E-state index in [4.69, 9.17) is 4.74 Å². The van der Waals surface area contributed by atoms with E-state index in [0.29, 0.717) is 19.4 Å². The summed E-state index contributed by atoms with van der Waals surface area (Å²) in [7, 11) is 0. The Kier molecular flexibility index (Phi) is 68.9. The number of allylic oxidation sites excluding steroid dienone is 1. The average Bonchev–Trinajstić information content (AvgIpc) is 3.46. The molecule has 0 spiro atoms. The molecule has 0 aromatic carbocycles. The molecule has 0 aliphatic carbocycles. The smallest absolute Gasteiger partial charge is 0.305 e. The van der Waals surface area contributed by atoms with Gasteiger partial charge in [0.1, 0.15) is 0 Å². The van der Waals surface area contributed by atoms with Crippen molar-refractivity contribution in [3.05, 3.63) is 12.2 Å². The molecular weight excluding hydrogens is 983 g/mol. The predicted octanol–water partition coefficient (Wildman–Crippen LogP) is 23.9. The van der Waals surface area contributed by atoms with Crippen LogP contribution in [0.5, 0.6) is 0 Å². The third-order valence-electron chi connectivity index (χ3n) is 17.6. The van der Waals surface area contributed by atoms with E-state index in [9.17, 15) is 19.8 Å². The van der Waals surface area contributed by atoms with Gasteiger partial charge in [0.05, 0.1) is 25.4 Å². The Morgan fingerprint density at radius 3 is 0.850 bits per heavy atom. The van der Waals surface area contributed by atoms with Crippen LogP contribution in [0.1, 0.15) is 425 Å². The van der Waals surface area contributed by atoms with Crippen LogP contribution in [-0.2, 0) is 14.3 Å². The maximum Gasteiger partial charge on any atom is 0.305 e. The summed E-state index contributed by atoms with van der Waals surface area (Å²) in [4.78, 5) is 24.7. The molecule has 0 fully saturated rings. The molecule has 3 N–H and O–H groups in total. The summed E-state index contributed by atoms with van der Waals surface area (Å²) < 4.78 is 5.52. The van der Waals surface area contributed by atoms with Gasteiger partial charge < -0.3 is 20.3 Å². The third-order valence-corrected chi connectivity index (χ3v) is 17.6. The lowest BCUT2D eigenvalue weighted by atomic mass is 10.0. The second-order valence-corrected chi connectivity index (χ2v) is 25.6. The molecule has 0 saturated carbocycles. The molecule has 6 heteroatoms. The van der Waals surface area contributed by atoms with Crippen molar-refractivity contribution in [3.63, 3.8) is 0 Å². The number of aliphatic hydroxyl groups excluding tert-OH is 2. The first-order chi connectivity index (χ1) is 39.5. The third kappa shape index (κ3) is 65.7. The van der Waals surface area contributed by atoms with E-state index in [1.807, 2.05) is 6.08 Å². The average molecular weight is 1130 g/mol. The highest BCUT2D eigenvalue weighted by atomic mass is 16.5. The first-order valence-electron chi connectivity index (χ1n) is 37.0. The zero-order valence-corrected chi connectivity index (χ0v) is 54.6. The second-order valence-electron chi connectivity index (χ2n) is 25.6. The van der Waals surface area contributed by atoms with Gasteiger partial charge in [-0.1, -0.05) is 392 Å². The number of unbranched alkanes of at least 4 members (excludes halogenated alkanes) is 59. The largest absolute Gasteiger partial charge is 0.466 e. The number of ether oxygens (including phenoxy) is 1. The number of esters is 1. The maximum atomic E-state index is 12.5. The molecule has 0 aromatic rings. The highest BCUT2D eigenvalue weighted by Gasteiger charge is 2.18. The van der Waals surface area contributed by atoms with E-state index in [0.717, 1.165) is 38.5 Å². The fourth-order valence-corrected chi connectivity index (χ4v) is 11.9. The molecule has 6 nitrogen and oxygen atoms in total. The number of rotatable bonds is 70. The van der Waals surface area contributed by atoms with E-state index in [1.165, 1.54) is 360 Å². The highest BCUT2D eigenvalue weighted by Crippen LogP contribution is 2.20. The Morgan fingerprint density at radius 1 is 0.338 bits per heavy atom. The van der Waals surface area contributed by atoms with Crippen molar-refractivity contribution in [1.29, 1.82) is 0 Å². The lowest BCUT2D eigenvalue weighted by Gasteiger charge is -2.20. The van der Waals surface area contributed by atoms with Crippen molar-refractivity contribution in [2.75, 3.05) is 13.2 Å². The van der Waals surface area contributed by atoms with Crippen molar-refractivity contribution in [2.45, 2.75) is 437 Å². The zero-order valence-electron chi connectivity index (χ0n) is 54.6. The monoisotopic (exact) mass is 1130 g/mol. The van der Waals surface area contributed by atoms with E-state index in [2.05, 4.69) is 19.2 Å². The van der Waals surface area contributed by atoms with Gasteiger partial charge in [-0.25, -0.2) is 0 Å². The molecule has 0 aliphatic rings. The summed E-state index contributed by atoms with van der Waals surface area (Å²) in [6.45, 7) is 4.96. The van der Waals surface area contributed by atoms with Crippen LogP contribution in [0.25, 0.3) is 0 Å². The Morgan fingerprint density at radius 2 is 0.575 bits per heavy atom. The number of hydrogen-bond acceptors (Lipinski definition) is 5. The number of amides is 1. The van der Waals surface area contributed by atoms with Crippen LogP contribution in [0.15, 0.2) is 12.2 Å². The van der Waals surface area contributed by atoms with Gasteiger partial charge in [-0.15, -0.1) is 0 Å². The first kappa shape index (κ1) is 78.6. The van der Waals surface area contributed by atoms with Gasteiger partial charge in [-0.2, -0.15) is 0 Å². The van der Waals surface area contributed by atoms with Crippen LogP contribution < -0.4 is 5.32 Å². The predicted molar refractivity (Wildman–Crippen MR) is 352 cm³/mol. The Labute approximate surface area is 501 Å². The lowest BCUT2D eigenvalue weighted by molar-refractivity contribution is -0.143. The fourth-order valence-electron chi connectivity index (χ4n) is 11.9. The number of carbonyl (C=O) groups excluding carboxylic acids is 2. The molecule has 0 bridgehead atoms. The van der Waals surface area contributed by atoms with Gasteiger partial charge in [0, 0.05) is 12.8 Å².